The summed E-state index contributed by atoms with van der Waals surface area (Å²) in [5, 5.41) is 6.85. The minimum Gasteiger partial charge on any atom is -0.496 e. The van der Waals surface area contributed by atoms with Crippen LogP contribution >= 0.6 is 11.6 Å². The molecule has 0 aliphatic rings. The number of hydrogen-bond donors (Lipinski definition) is 2. The number of rotatable bonds is 8. The van der Waals surface area contributed by atoms with Crippen molar-refractivity contribution in [3.63, 3.8) is 0 Å². The number of carbonyl (C=O) groups excluding carboxylic acids is 1. The third-order valence-corrected chi connectivity index (χ3v) is 4.54. The van der Waals surface area contributed by atoms with Gasteiger partial charge in [-0.3, -0.25) is 4.79 Å². The zero-order valence-electron chi connectivity index (χ0n) is 15.6. The molecule has 0 saturated heterocycles. The van der Waals surface area contributed by atoms with E-state index >= 15 is 0 Å². The molecule has 1 amide bonds. The lowest BCUT2D eigenvalue weighted by Crippen LogP contribution is -2.25. The Morgan fingerprint density at radius 1 is 1.07 bits per heavy atom. The molecule has 0 spiro atoms. The molecule has 1 aromatic heterocycles. The molecule has 3 rings (SSSR count). The number of carbonyl (C=O) groups is 1. The third-order valence-electron chi connectivity index (χ3n) is 4.29. The number of ether oxygens (including phenoxy) is 1. The predicted molar refractivity (Wildman–Crippen MR) is 112 cm³/mol. The summed E-state index contributed by atoms with van der Waals surface area (Å²) in [5.41, 5.74) is 2.69. The van der Waals surface area contributed by atoms with Crippen LogP contribution in [0.25, 0.3) is 0 Å². The smallest absolute Gasteiger partial charge is 0.252 e. The van der Waals surface area contributed by atoms with E-state index in [0.717, 1.165) is 23.3 Å². The van der Waals surface area contributed by atoms with E-state index in [1.54, 1.807) is 25.4 Å². The average Bonchev–Trinajstić information content (AvgIpc) is 2.74. The lowest BCUT2D eigenvalue weighted by atomic mass is 10.1. The zero-order valence-corrected chi connectivity index (χ0v) is 16.4. The molecule has 0 aliphatic carbocycles. The molecule has 0 bridgehead atoms. The van der Waals surface area contributed by atoms with Gasteiger partial charge in [-0.25, -0.2) is 4.98 Å². The number of methoxy groups -OCH3 is 1. The van der Waals surface area contributed by atoms with Gasteiger partial charge >= 0.3 is 0 Å². The fourth-order valence-corrected chi connectivity index (χ4v) is 2.87. The van der Waals surface area contributed by atoms with Crippen molar-refractivity contribution in [2.45, 2.75) is 13.0 Å². The maximum Gasteiger partial charge on any atom is 0.252 e. The summed E-state index contributed by atoms with van der Waals surface area (Å²) < 4.78 is 5.34. The van der Waals surface area contributed by atoms with Crippen LogP contribution in [-0.4, -0.2) is 24.5 Å². The van der Waals surface area contributed by atoms with Gasteiger partial charge in [0.15, 0.2) is 0 Å². The maximum atomic E-state index is 12.3. The topological polar surface area (TPSA) is 63.2 Å². The van der Waals surface area contributed by atoms with Gasteiger partial charge in [-0.05, 0) is 42.3 Å². The molecule has 0 unspecified atom stereocenters. The number of nitrogens with one attached hydrogen (secondary N) is 2. The molecule has 0 saturated carbocycles. The summed E-state index contributed by atoms with van der Waals surface area (Å²) in [7, 11) is 1.65. The van der Waals surface area contributed by atoms with Gasteiger partial charge in [0, 0.05) is 29.9 Å². The Morgan fingerprint density at radius 2 is 1.86 bits per heavy atom. The highest BCUT2D eigenvalue weighted by Crippen LogP contribution is 2.18. The van der Waals surface area contributed by atoms with E-state index in [1.165, 1.54) is 0 Å². The summed E-state index contributed by atoms with van der Waals surface area (Å²) in [6.07, 6.45) is 2.32. The second-order valence-corrected chi connectivity index (χ2v) is 6.67. The molecule has 3 aromatic rings. The first-order valence-electron chi connectivity index (χ1n) is 9.00. The Labute approximate surface area is 169 Å². The molecular formula is C22H22ClN3O2. The number of para-hydroxylation sites is 1. The molecule has 0 atom stereocenters. The minimum absolute atomic E-state index is 0.141. The summed E-state index contributed by atoms with van der Waals surface area (Å²) >= 11 is 5.87. The Bertz CT molecular complexity index is 912. The number of aromatic nitrogens is 1. The largest absolute Gasteiger partial charge is 0.496 e. The van der Waals surface area contributed by atoms with Crippen LogP contribution < -0.4 is 15.4 Å². The van der Waals surface area contributed by atoms with E-state index in [2.05, 4.69) is 15.6 Å². The van der Waals surface area contributed by atoms with Gasteiger partial charge in [0.25, 0.3) is 5.91 Å². The van der Waals surface area contributed by atoms with Gasteiger partial charge in [0.2, 0.25) is 0 Å². The summed E-state index contributed by atoms with van der Waals surface area (Å²) in [6.45, 7) is 1.14. The van der Waals surface area contributed by atoms with Crippen LogP contribution in [0.15, 0.2) is 66.9 Å². The highest BCUT2D eigenvalue weighted by atomic mass is 35.5. The Hall–Kier alpha value is -3.05. The van der Waals surface area contributed by atoms with Gasteiger partial charge in [-0.2, -0.15) is 0 Å². The predicted octanol–water partition coefficient (Wildman–Crippen LogP) is 4.33. The number of pyridine rings is 1. The molecule has 0 aliphatic heterocycles. The number of amides is 1. The highest BCUT2D eigenvalue weighted by Gasteiger charge is 2.07. The number of hydrogen-bond acceptors (Lipinski definition) is 4. The van der Waals surface area contributed by atoms with Crippen molar-refractivity contribution in [3.05, 3.63) is 88.6 Å². The first kappa shape index (κ1) is 19.7. The monoisotopic (exact) mass is 395 g/mol. The normalized spacial score (nSPS) is 10.4. The number of anilines is 1. The first-order valence-corrected chi connectivity index (χ1v) is 9.38. The molecule has 2 aromatic carbocycles. The van der Waals surface area contributed by atoms with E-state index in [0.29, 0.717) is 29.5 Å². The molecule has 1 heterocycles. The zero-order chi connectivity index (χ0) is 19.8. The molecule has 28 heavy (non-hydrogen) atoms. The van der Waals surface area contributed by atoms with E-state index in [4.69, 9.17) is 16.3 Å². The van der Waals surface area contributed by atoms with Crippen LogP contribution in [0.4, 0.5) is 5.82 Å². The number of nitrogens with zero attached hydrogens (tertiary/aromatic N) is 1. The fraction of sp³-hybridized carbons (Fsp3) is 0.182. The molecule has 5 nitrogen and oxygen atoms in total. The lowest BCUT2D eigenvalue weighted by molar-refractivity contribution is 0.0954. The van der Waals surface area contributed by atoms with Crippen molar-refractivity contribution in [1.29, 1.82) is 0 Å². The van der Waals surface area contributed by atoms with Crippen molar-refractivity contribution in [2.75, 3.05) is 19.0 Å². The van der Waals surface area contributed by atoms with Crippen molar-refractivity contribution in [1.82, 2.24) is 10.3 Å². The van der Waals surface area contributed by atoms with Crippen LogP contribution in [-0.2, 0) is 13.0 Å². The van der Waals surface area contributed by atoms with Gasteiger partial charge in [-0.1, -0.05) is 41.9 Å². The van der Waals surface area contributed by atoms with E-state index in [9.17, 15) is 4.79 Å². The molecule has 6 heteroatoms. The summed E-state index contributed by atoms with van der Waals surface area (Å²) in [4.78, 5) is 16.6. The standard InChI is InChI=1S/C22H22ClN3O2/c1-28-20-5-3-2-4-17(20)14-25-21-11-8-18(15-26-21)22(27)24-13-12-16-6-9-19(23)10-7-16/h2-11,15H,12-14H2,1H3,(H,24,27)(H,25,26). The SMILES string of the molecule is COc1ccccc1CNc1ccc(C(=O)NCCc2ccc(Cl)cc2)cn1. The van der Waals surface area contributed by atoms with Crippen LogP contribution in [0.1, 0.15) is 21.5 Å². The second kappa shape index (κ2) is 9.76. The first-order chi connectivity index (χ1) is 13.7. The van der Waals surface area contributed by atoms with Crippen LogP contribution in [0.5, 0.6) is 5.75 Å². The average molecular weight is 396 g/mol. The number of halogens is 1. The van der Waals surface area contributed by atoms with Gasteiger partial charge in [0.1, 0.15) is 11.6 Å². The molecular weight excluding hydrogens is 374 g/mol. The quantitative estimate of drug-likeness (QED) is 0.596. The van der Waals surface area contributed by atoms with Crippen LogP contribution in [0.2, 0.25) is 5.02 Å². The van der Waals surface area contributed by atoms with E-state index in [1.807, 2.05) is 48.5 Å². The van der Waals surface area contributed by atoms with E-state index in [-0.39, 0.29) is 5.91 Å². The van der Waals surface area contributed by atoms with Gasteiger partial charge in [0.05, 0.1) is 12.7 Å². The van der Waals surface area contributed by atoms with Crippen molar-refractivity contribution in [3.8, 4) is 5.75 Å². The minimum atomic E-state index is -0.141. The molecule has 0 radical (unpaired) electrons. The van der Waals surface area contributed by atoms with Gasteiger partial charge in [-0.15, -0.1) is 0 Å². The highest BCUT2D eigenvalue weighted by molar-refractivity contribution is 6.30. The third kappa shape index (κ3) is 5.47. The van der Waals surface area contributed by atoms with Crippen molar-refractivity contribution < 1.29 is 9.53 Å². The molecule has 144 valence electrons. The molecule has 0 fully saturated rings. The van der Waals surface area contributed by atoms with E-state index < -0.39 is 0 Å². The van der Waals surface area contributed by atoms with Crippen LogP contribution in [0.3, 0.4) is 0 Å². The maximum absolute atomic E-state index is 12.3. The Morgan fingerprint density at radius 3 is 2.57 bits per heavy atom. The van der Waals surface area contributed by atoms with Crippen molar-refractivity contribution >= 4 is 23.3 Å². The Kier molecular flexibility index (Phi) is 6.87. The Balaban J connectivity index is 1.49. The number of benzene rings is 2. The van der Waals surface area contributed by atoms with Crippen LogP contribution in [0, 0.1) is 0 Å². The van der Waals surface area contributed by atoms with Gasteiger partial charge < -0.3 is 15.4 Å². The molecule has 2 N–H and O–H groups in total. The fourth-order valence-electron chi connectivity index (χ4n) is 2.74. The lowest BCUT2D eigenvalue weighted by Gasteiger charge is -2.10. The second-order valence-electron chi connectivity index (χ2n) is 6.23. The summed E-state index contributed by atoms with van der Waals surface area (Å²) in [5.74, 6) is 1.38. The summed E-state index contributed by atoms with van der Waals surface area (Å²) in [6, 6.07) is 19.0. The van der Waals surface area contributed by atoms with Crippen molar-refractivity contribution in [2.24, 2.45) is 0 Å².